The van der Waals surface area contributed by atoms with Crippen molar-refractivity contribution in [2.45, 2.75) is 6.92 Å². The maximum atomic E-state index is 9.86. The Kier molecular flexibility index (Phi) is 2.08. The van der Waals surface area contributed by atoms with E-state index < -0.39 is 0 Å². The lowest BCUT2D eigenvalue weighted by molar-refractivity contribution is 0.460. The van der Waals surface area contributed by atoms with Gasteiger partial charge < -0.3 is 10.1 Å². The van der Waals surface area contributed by atoms with E-state index in [2.05, 4.69) is 15.0 Å². The second-order valence-corrected chi connectivity index (χ2v) is 3.95. The summed E-state index contributed by atoms with van der Waals surface area (Å²) < 4.78 is 0. The highest BCUT2D eigenvalue weighted by molar-refractivity contribution is 5.83. The topological polar surface area (TPSA) is 61.8 Å². The predicted molar refractivity (Wildman–Crippen MR) is 65.7 cm³/mol. The van der Waals surface area contributed by atoms with Crippen LogP contribution in [-0.2, 0) is 0 Å². The van der Waals surface area contributed by atoms with E-state index in [4.69, 9.17) is 0 Å². The monoisotopic (exact) mass is 225 g/mol. The molecule has 0 bridgehead atoms. The van der Waals surface area contributed by atoms with Crippen molar-refractivity contribution in [3.63, 3.8) is 0 Å². The molecule has 3 rings (SSSR count). The van der Waals surface area contributed by atoms with Gasteiger partial charge in [0.15, 0.2) is 5.82 Å². The molecular formula is C13H11N3O. The first-order valence-electron chi connectivity index (χ1n) is 5.36. The first-order chi connectivity index (χ1) is 8.24. The molecule has 2 aromatic heterocycles. The van der Waals surface area contributed by atoms with Gasteiger partial charge in [0.25, 0.3) is 0 Å². The molecule has 0 radical (unpaired) electrons. The van der Waals surface area contributed by atoms with E-state index in [0.29, 0.717) is 16.9 Å². The Morgan fingerprint density at radius 2 is 1.88 bits per heavy atom. The number of fused-ring (bicyclic) bond motifs is 1. The Bertz CT molecular complexity index is 674. The lowest BCUT2D eigenvalue weighted by atomic mass is 10.2. The number of aromatic amines is 1. The molecular weight excluding hydrogens is 214 g/mol. The zero-order valence-corrected chi connectivity index (χ0v) is 9.31. The molecule has 2 heterocycles. The maximum absolute atomic E-state index is 9.86. The molecule has 3 aromatic rings. The lowest BCUT2D eigenvalue weighted by Gasteiger charge is -2.01. The van der Waals surface area contributed by atoms with Crippen LogP contribution in [0.5, 0.6) is 5.88 Å². The van der Waals surface area contributed by atoms with Gasteiger partial charge in [-0.1, -0.05) is 30.3 Å². The molecule has 0 spiro atoms. The number of nitrogens with zero attached hydrogens (tertiary/aromatic N) is 2. The molecule has 0 aliphatic carbocycles. The van der Waals surface area contributed by atoms with Crippen LogP contribution in [0.2, 0.25) is 0 Å². The SMILES string of the molecule is Cc1cc2c(O)nc(-c3ccccc3)nc2[nH]1. The van der Waals surface area contributed by atoms with Crippen LogP contribution in [0.4, 0.5) is 0 Å². The summed E-state index contributed by atoms with van der Waals surface area (Å²) in [6, 6.07) is 11.4. The summed E-state index contributed by atoms with van der Waals surface area (Å²) >= 11 is 0. The van der Waals surface area contributed by atoms with Gasteiger partial charge in [0.1, 0.15) is 5.65 Å². The fraction of sp³-hybridized carbons (Fsp3) is 0.0769. The van der Waals surface area contributed by atoms with Crippen LogP contribution < -0.4 is 0 Å². The van der Waals surface area contributed by atoms with Gasteiger partial charge in [-0.05, 0) is 13.0 Å². The van der Waals surface area contributed by atoms with Crippen LogP contribution in [0.3, 0.4) is 0 Å². The minimum atomic E-state index is 0.0122. The molecule has 1 aromatic carbocycles. The van der Waals surface area contributed by atoms with E-state index in [-0.39, 0.29) is 5.88 Å². The van der Waals surface area contributed by atoms with Crippen molar-refractivity contribution in [1.82, 2.24) is 15.0 Å². The van der Waals surface area contributed by atoms with Crippen LogP contribution in [0, 0.1) is 6.92 Å². The average Bonchev–Trinajstić information content (AvgIpc) is 2.71. The Morgan fingerprint density at radius 1 is 1.12 bits per heavy atom. The number of hydrogen-bond donors (Lipinski definition) is 2. The number of benzene rings is 1. The normalized spacial score (nSPS) is 10.9. The second-order valence-electron chi connectivity index (χ2n) is 3.95. The number of nitrogens with one attached hydrogen (secondary N) is 1. The molecule has 0 amide bonds. The standard InChI is InChI=1S/C13H11N3O/c1-8-7-10-12(14-8)15-11(16-13(10)17)9-5-3-2-4-6-9/h2-7H,1H3,(H2,14,15,16,17). The Hall–Kier alpha value is -2.36. The maximum Gasteiger partial charge on any atom is 0.224 e. The minimum Gasteiger partial charge on any atom is -0.493 e. The molecule has 0 saturated heterocycles. The third kappa shape index (κ3) is 1.63. The number of hydrogen-bond acceptors (Lipinski definition) is 3. The van der Waals surface area contributed by atoms with Crippen LogP contribution >= 0.6 is 0 Å². The van der Waals surface area contributed by atoms with Crippen LogP contribution in [0.25, 0.3) is 22.4 Å². The van der Waals surface area contributed by atoms with Crippen molar-refractivity contribution >= 4 is 11.0 Å². The zero-order valence-electron chi connectivity index (χ0n) is 9.31. The van der Waals surface area contributed by atoms with Gasteiger partial charge in [0.05, 0.1) is 5.39 Å². The van der Waals surface area contributed by atoms with Gasteiger partial charge in [0.2, 0.25) is 5.88 Å². The summed E-state index contributed by atoms with van der Waals surface area (Å²) in [5.74, 6) is 0.538. The quantitative estimate of drug-likeness (QED) is 0.669. The highest BCUT2D eigenvalue weighted by Gasteiger charge is 2.09. The van der Waals surface area contributed by atoms with Crippen molar-refractivity contribution in [3.8, 4) is 17.3 Å². The molecule has 17 heavy (non-hydrogen) atoms. The number of aromatic hydroxyl groups is 1. The highest BCUT2D eigenvalue weighted by atomic mass is 16.3. The predicted octanol–water partition coefficient (Wildman–Crippen LogP) is 2.64. The van der Waals surface area contributed by atoms with Crippen LogP contribution in [0.1, 0.15) is 5.69 Å². The molecule has 0 aliphatic heterocycles. The summed E-state index contributed by atoms with van der Waals surface area (Å²) in [7, 11) is 0. The fourth-order valence-electron chi connectivity index (χ4n) is 1.84. The first-order valence-corrected chi connectivity index (χ1v) is 5.36. The molecule has 0 fully saturated rings. The second kappa shape index (κ2) is 3.59. The lowest BCUT2D eigenvalue weighted by Crippen LogP contribution is -1.89. The van der Waals surface area contributed by atoms with Gasteiger partial charge >= 0.3 is 0 Å². The summed E-state index contributed by atoms with van der Waals surface area (Å²) in [4.78, 5) is 11.6. The molecule has 0 unspecified atom stereocenters. The fourth-order valence-corrected chi connectivity index (χ4v) is 1.84. The summed E-state index contributed by atoms with van der Waals surface area (Å²) in [5, 5.41) is 10.5. The van der Waals surface area contributed by atoms with E-state index in [0.717, 1.165) is 11.3 Å². The summed E-state index contributed by atoms with van der Waals surface area (Å²) in [6.07, 6.45) is 0. The van der Waals surface area contributed by atoms with E-state index in [9.17, 15) is 5.11 Å². The molecule has 0 aliphatic rings. The number of aryl methyl sites for hydroxylation is 1. The summed E-state index contributed by atoms with van der Waals surface area (Å²) in [5.41, 5.74) is 2.50. The van der Waals surface area contributed by atoms with Crippen molar-refractivity contribution in [2.24, 2.45) is 0 Å². The van der Waals surface area contributed by atoms with Crippen LogP contribution in [-0.4, -0.2) is 20.1 Å². The van der Waals surface area contributed by atoms with E-state index in [1.54, 1.807) is 0 Å². The van der Waals surface area contributed by atoms with Crippen molar-refractivity contribution in [1.29, 1.82) is 0 Å². The van der Waals surface area contributed by atoms with Gasteiger partial charge in [-0.2, -0.15) is 4.98 Å². The molecule has 4 nitrogen and oxygen atoms in total. The van der Waals surface area contributed by atoms with Gasteiger partial charge in [0, 0.05) is 11.3 Å². The van der Waals surface area contributed by atoms with Gasteiger partial charge in [-0.15, -0.1) is 0 Å². The molecule has 84 valence electrons. The third-order valence-electron chi connectivity index (χ3n) is 2.63. The van der Waals surface area contributed by atoms with Crippen LogP contribution in [0.15, 0.2) is 36.4 Å². The number of H-pyrrole nitrogens is 1. The summed E-state index contributed by atoms with van der Waals surface area (Å²) in [6.45, 7) is 1.92. The molecule has 4 heteroatoms. The molecule has 0 atom stereocenters. The number of rotatable bonds is 1. The van der Waals surface area contributed by atoms with Crippen molar-refractivity contribution < 1.29 is 5.11 Å². The van der Waals surface area contributed by atoms with Gasteiger partial charge in [-0.3, -0.25) is 0 Å². The van der Waals surface area contributed by atoms with E-state index >= 15 is 0 Å². The van der Waals surface area contributed by atoms with Crippen molar-refractivity contribution in [3.05, 3.63) is 42.1 Å². The van der Waals surface area contributed by atoms with E-state index in [1.807, 2.05) is 43.3 Å². The van der Waals surface area contributed by atoms with E-state index in [1.165, 1.54) is 0 Å². The zero-order chi connectivity index (χ0) is 11.8. The minimum absolute atomic E-state index is 0.0122. The smallest absolute Gasteiger partial charge is 0.224 e. The third-order valence-corrected chi connectivity index (χ3v) is 2.63. The van der Waals surface area contributed by atoms with Gasteiger partial charge in [-0.25, -0.2) is 4.98 Å². The molecule has 0 saturated carbocycles. The largest absolute Gasteiger partial charge is 0.493 e. The highest BCUT2D eigenvalue weighted by Crippen LogP contribution is 2.25. The molecule has 2 N–H and O–H groups in total. The number of aromatic nitrogens is 3. The first kappa shape index (κ1) is 9.84. The Labute approximate surface area is 98.0 Å². The Morgan fingerprint density at radius 3 is 2.65 bits per heavy atom. The Balaban J connectivity index is 2.25. The van der Waals surface area contributed by atoms with Crippen molar-refractivity contribution in [2.75, 3.05) is 0 Å². The average molecular weight is 225 g/mol.